The van der Waals surface area contributed by atoms with Gasteiger partial charge in [0.15, 0.2) is 0 Å². The molecule has 0 saturated carbocycles. The Labute approximate surface area is 160 Å². The predicted molar refractivity (Wildman–Crippen MR) is 105 cm³/mol. The fourth-order valence-corrected chi connectivity index (χ4v) is 2.38. The van der Waals surface area contributed by atoms with Gasteiger partial charge in [-0.15, -0.1) is 0 Å². The lowest BCUT2D eigenvalue weighted by Gasteiger charge is -2.13. The quantitative estimate of drug-likeness (QED) is 0.335. The van der Waals surface area contributed by atoms with E-state index in [0.717, 1.165) is 6.42 Å². The minimum absolute atomic E-state index is 0.327. The summed E-state index contributed by atoms with van der Waals surface area (Å²) in [5, 5.41) is 18.1. The van der Waals surface area contributed by atoms with Crippen molar-refractivity contribution >= 4 is 11.8 Å². The molecule has 0 heterocycles. The smallest absolute Gasteiger partial charge is 0.385 e. The number of Topliss-reactive ketones (excluding diaryl/α,β-unsaturated/α-hetero) is 1. The van der Waals surface area contributed by atoms with Crippen LogP contribution in [0.15, 0.2) is 60.7 Å². The van der Waals surface area contributed by atoms with Gasteiger partial charge in [0.2, 0.25) is 0 Å². The summed E-state index contributed by atoms with van der Waals surface area (Å²) in [7, 11) is 0. The van der Waals surface area contributed by atoms with Gasteiger partial charge in [0, 0.05) is 5.56 Å². The lowest BCUT2D eigenvalue weighted by Crippen LogP contribution is -2.20. The van der Waals surface area contributed by atoms with E-state index in [0.29, 0.717) is 23.7 Å². The molecule has 0 aromatic heterocycles. The lowest BCUT2D eigenvalue weighted by molar-refractivity contribution is -0.129. The molecule has 0 aliphatic heterocycles. The first-order valence-corrected chi connectivity index (χ1v) is 9.02. The van der Waals surface area contributed by atoms with Crippen LogP contribution in [0.25, 0.3) is 0 Å². The molecule has 0 fully saturated rings. The number of para-hydroxylation sites is 1. The SMILES string of the molecule is CC(C)CC(O)CC(C)O.O=C(Oc1ccccc1)C(=O)c1ccccc1. The fourth-order valence-electron chi connectivity index (χ4n) is 2.38. The van der Waals surface area contributed by atoms with Crippen molar-refractivity contribution in [2.45, 2.75) is 45.8 Å². The van der Waals surface area contributed by atoms with Crippen molar-refractivity contribution < 1.29 is 24.5 Å². The Hall–Kier alpha value is -2.50. The highest BCUT2D eigenvalue weighted by atomic mass is 16.5. The first-order chi connectivity index (χ1) is 12.8. The third-order valence-electron chi connectivity index (χ3n) is 3.53. The van der Waals surface area contributed by atoms with Crippen LogP contribution in [0.5, 0.6) is 5.75 Å². The Kier molecular flexibility index (Phi) is 10.0. The second-order valence-corrected chi connectivity index (χ2v) is 6.77. The van der Waals surface area contributed by atoms with E-state index < -0.39 is 11.8 Å². The summed E-state index contributed by atoms with van der Waals surface area (Å²) in [6.07, 6.45) is 0.567. The largest absolute Gasteiger partial charge is 0.421 e. The van der Waals surface area contributed by atoms with Crippen LogP contribution in [-0.2, 0) is 4.79 Å². The van der Waals surface area contributed by atoms with Gasteiger partial charge in [0.1, 0.15) is 5.75 Å². The van der Waals surface area contributed by atoms with E-state index in [2.05, 4.69) is 13.8 Å². The Morgan fingerprint density at radius 3 is 1.85 bits per heavy atom. The molecule has 2 rings (SSSR count). The summed E-state index contributed by atoms with van der Waals surface area (Å²) < 4.78 is 4.94. The molecule has 5 nitrogen and oxygen atoms in total. The Bertz CT molecular complexity index is 670. The normalized spacial score (nSPS) is 12.5. The Balaban J connectivity index is 0.000000314. The third kappa shape index (κ3) is 9.68. The molecular weight excluding hydrogens is 344 g/mol. The molecule has 0 radical (unpaired) electrons. The van der Waals surface area contributed by atoms with E-state index in [9.17, 15) is 14.7 Å². The molecule has 0 spiro atoms. The van der Waals surface area contributed by atoms with E-state index >= 15 is 0 Å². The molecule has 2 atom stereocenters. The van der Waals surface area contributed by atoms with Gasteiger partial charge in [-0.05, 0) is 37.8 Å². The summed E-state index contributed by atoms with van der Waals surface area (Å²) in [6.45, 7) is 5.82. The fraction of sp³-hybridized carbons (Fsp3) is 0.364. The van der Waals surface area contributed by atoms with Crippen LogP contribution < -0.4 is 4.74 Å². The average Bonchev–Trinajstić information content (AvgIpc) is 2.62. The standard InChI is InChI=1S/C14H10O3.C8H18O2/c15-13(11-7-3-1-4-8-11)14(16)17-12-9-5-2-6-10-12;1-6(2)4-8(10)5-7(3)9/h1-10H;6-10H,4-5H2,1-3H3. The number of hydrogen-bond donors (Lipinski definition) is 2. The Morgan fingerprint density at radius 2 is 1.37 bits per heavy atom. The predicted octanol–water partition coefficient (Wildman–Crippen LogP) is 3.64. The van der Waals surface area contributed by atoms with E-state index in [-0.39, 0.29) is 12.2 Å². The second-order valence-electron chi connectivity index (χ2n) is 6.77. The van der Waals surface area contributed by atoms with Gasteiger partial charge in [-0.25, -0.2) is 4.79 Å². The highest BCUT2D eigenvalue weighted by Crippen LogP contribution is 2.10. The minimum atomic E-state index is -0.873. The van der Waals surface area contributed by atoms with Crippen LogP contribution in [0.3, 0.4) is 0 Å². The van der Waals surface area contributed by atoms with Gasteiger partial charge < -0.3 is 14.9 Å². The first-order valence-electron chi connectivity index (χ1n) is 9.02. The number of ketones is 1. The van der Waals surface area contributed by atoms with Crippen molar-refractivity contribution in [1.29, 1.82) is 0 Å². The van der Waals surface area contributed by atoms with Gasteiger partial charge in [-0.3, -0.25) is 4.79 Å². The average molecular weight is 372 g/mol. The number of aliphatic hydroxyl groups is 2. The van der Waals surface area contributed by atoms with Gasteiger partial charge in [-0.2, -0.15) is 0 Å². The summed E-state index contributed by atoms with van der Waals surface area (Å²) in [5.41, 5.74) is 0.327. The van der Waals surface area contributed by atoms with Gasteiger partial charge in [0.05, 0.1) is 12.2 Å². The molecule has 0 bridgehead atoms. The molecule has 2 aromatic rings. The number of aliphatic hydroxyl groups excluding tert-OH is 2. The zero-order chi connectivity index (χ0) is 20.2. The van der Waals surface area contributed by atoms with Gasteiger partial charge in [0.25, 0.3) is 5.78 Å². The molecular formula is C22H28O5. The van der Waals surface area contributed by atoms with Crippen molar-refractivity contribution in [2.75, 3.05) is 0 Å². The van der Waals surface area contributed by atoms with Crippen molar-refractivity contribution in [3.8, 4) is 5.75 Å². The van der Waals surface area contributed by atoms with Crippen LogP contribution in [-0.4, -0.2) is 34.2 Å². The highest BCUT2D eigenvalue weighted by molar-refractivity contribution is 6.41. The number of esters is 1. The van der Waals surface area contributed by atoms with Crippen LogP contribution in [0, 0.1) is 5.92 Å². The van der Waals surface area contributed by atoms with Crippen LogP contribution in [0.1, 0.15) is 44.0 Å². The molecule has 0 aliphatic rings. The zero-order valence-corrected chi connectivity index (χ0v) is 16.0. The monoisotopic (exact) mass is 372 g/mol. The minimum Gasteiger partial charge on any atom is -0.421 e. The maximum atomic E-state index is 11.7. The van der Waals surface area contributed by atoms with Crippen molar-refractivity contribution in [2.24, 2.45) is 5.92 Å². The van der Waals surface area contributed by atoms with E-state index in [1.54, 1.807) is 67.6 Å². The van der Waals surface area contributed by atoms with Crippen LogP contribution in [0.4, 0.5) is 0 Å². The molecule has 0 aliphatic carbocycles. The summed E-state index contributed by atoms with van der Waals surface area (Å²) in [4.78, 5) is 23.2. The molecule has 146 valence electrons. The topological polar surface area (TPSA) is 83.8 Å². The van der Waals surface area contributed by atoms with Crippen LogP contribution >= 0.6 is 0 Å². The molecule has 27 heavy (non-hydrogen) atoms. The maximum Gasteiger partial charge on any atom is 0.385 e. The molecule has 5 heteroatoms. The second kappa shape index (κ2) is 12.0. The summed E-state index contributed by atoms with van der Waals surface area (Å²) >= 11 is 0. The molecule has 2 N–H and O–H groups in total. The highest BCUT2D eigenvalue weighted by Gasteiger charge is 2.18. The molecule has 0 saturated heterocycles. The molecule has 0 amide bonds. The van der Waals surface area contributed by atoms with Gasteiger partial charge >= 0.3 is 5.97 Å². The van der Waals surface area contributed by atoms with E-state index in [1.165, 1.54) is 0 Å². The summed E-state index contributed by atoms with van der Waals surface area (Å²) in [6, 6.07) is 16.8. The van der Waals surface area contributed by atoms with Crippen molar-refractivity contribution in [3.63, 3.8) is 0 Å². The number of ether oxygens (including phenoxy) is 1. The number of rotatable bonds is 7. The van der Waals surface area contributed by atoms with E-state index in [1.807, 2.05) is 0 Å². The number of benzene rings is 2. The van der Waals surface area contributed by atoms with Crippen molar-refractivity contribution in [3.05, 3.63) is 66.2 Å². The zero-order valence-electron chi connectivity index (χ0n) is 16.0. The third-order valence-corrected chi connectivity index (χ3v) is 3.53. The number of hydrogen-bond acceptors (Lipinski definition) is 5. The Morgan fingerprint density at radius 1 is 0.852 bits per heavy atom. The summed E-state index contributed by atoms with van der Waals surface area (Å²) in [5.74, 6) is -0.646. The first kappa shape index (κ1) is 22.5. The van der Waals surface area contributed by atoms with Gasteiger partial charge in [-0.1, -0.05) is 62.4 Å². The van der Waals surface area contributed by atoms with E-state index in [4.69, 9.17) is 9.84 Å². The number of carbonyl (C=O) groups excluding carboxylic acids is 2. The van der Waals surface area contributed by atoms with Crippen molar-refractivity contribution in [1.82, 2.24) is 0 Å². The maximum absolute atomic E-state index is 11.7. The number of carbonyl (C=O) groups is 2. The van der Waals surface area contributed by atoms with Crippen LogP contribution in [0.2, 0.25) is 0 Å². The molecule has 2 aromatic carbocycles. The lowest BCUT2D eigenvalue weighted by atomic mass is 10.0. The molecule has 2 unspecified atom stereocenters.